The summed E-state index contributed by atoms with van der Waals surface area (Å²) < 4.78 is 29.8. The molecule has 0 aliphatic heterocycles. The molecule has 1 saturated carbocycles. The fourth-order valence-corrected chi connectivity index (χ4v) is 2.84. The van der Waals surface area contributed by atoms with Crippen LogP contribution in [0.25, 0.3) is 0 Å². The second-order valence-electron chi connectivity index (χ2n) is 3.90. The van der Waals surface area contributed by atoms with Crippen molar-refractivity contribution in [1.29, 1.82) is 5.26 Å². The number of esters is 1. The smallest absolute Gasteiger partial charge is 0.321 e. The first-order valence-electron chi connectivity index (χ1n) is 5.49. The molecule has 0 spiro atoms. The predicted molar refractivity (Wildman–Crippen MR) is 60.4 cm³/mol. The Bertz CT molecular complexity index is 422. The lowest BCUT2D eigenvalue weighted by atomic mass is 10.5. The average molecular weight is 260 g/mol. The number of rotatable bonds is 6. The van der Waals surface area contributed by atoms with E-state index in [4.69, 9.17) is 10.00 Å². The third-order valence-electron chi connectivity index (χ3n) is 2.50. The third-order valence-corrected chi connectivity index (χ3v) is 4.58. The zero-order valence-corrected chi connectivity index (χ0v) is 10.7. The van der Waals surface area contributed by atoms with Crippen molar-refractivity contribution in [1.82, 2.24) is 4.31 Å². The molecular formula is C10H16N2O4S. The van der Waals surface area contributed by atoms with Crippen molar-refractivity contribution < 1.29 is 17.9 Å². The normalized spacial score (nSPS) is 17.5. The Hall–Kier alpha value is -1.13. The van der Waals surface area contributed by atoms with Crippen LogP contribution in [0.3, 0.4) is 0 Å². The van der Waals surface area contributed by atoms with E-state index >= 15 is 0 Å². The molecule has 0 aromatic rings. The van der Waals surface area contributed by atoms with E-state index in [2.05, 4.69) is 0 Å². The summed E-state index contributed by atoms with van der Waals surface area (Å²) in [4.78, 5) is 11.3. The minimum absolute atomic E-state index is 0.153. The molecule has 0 aromatic carbocycles. The quantitative estimate of drug-likeness (QED) is 0.639. The molecule has 17 heavy (non-hydrogen) atoms. The summed E-state index contributed by atoms with van der Waals surface area (Å²) in [5, 5.41) is 7.55. The van der Waals surface area contributed by atoms with Crippen LogP contribution in [-0.4, -0.2) is 43.1 Å². The summed E-state index contributed by atoms with van der Waals surface area (Å²) in [6.07, 6.45) is 1.47. The first-order chi connectivity index (χ1) is 7.93. The standard InChI is InChI=1S/C10H16N2O4S/c1-3-16-10(13)7-12(9-4-5-9)17(14,15)8(2)6-11/h8-9H,3-5,7H2,1-2H3. The first kappa shape index (κ1) is 13.9. The molecule has 0 bridgehead atoms. The van der Waals surface area contributed by atoms with Crippen molar-refractivity contribution in [3.8, 4) is 6.07 Å². The van der Waals surface area contributed by atoms with E-state index < -0.39 is 21.2 Å². The molecule has 1 rings (SSSR count). The highest BCUT2D eigenvalue weighted by Crippen LogP contribution is 2.30. The van der Waals surface area contributed by atoms with Crippen LogP contribution in [0.5, 0.6) is 0 Å². The van der Waals surface area contributed by atoms with Gasteiger partial charge in [0.25, 0.3) is 0 Å². The molecule has 1 unspecified atom stereocenters. The Kier molecular flexibility index (Phi) is 4.48. The molecule has 0 radical (unpaired) electrons. The molecule has 0 heterocycles. The van der Waals surface area contributed by atoms with Crippen LogP contribution in [0.4, 0.5) is 0 Å². The fourth-order valence-electron chi connectivity index (χ4n) is 1.39. The molecule has 0 saturated heterocycles. The molecule has 1 aliphatic carbocycles. The highest BCUT2D eigenvalue weighted by atomic mass is 32.2. The number of carbonyl (C=O) groups excluding carboxylic acids is 1. The topological polar surface area (TPSA) is 87.5 Å². The fraction of sp³-hybridized carbons (Fsp3) is 0.800. The van der Waals surface area contributed by atoms with Gasteiger partial charge < -0.3 is 4.74 Å². The highest BCUT2D eigenvalue weighted by molar-refractivity contribution is 7.90. The molecule has 0 amide bonds. The van der Waals surface area contributed by atoms with Crippen LogP contribution in [0, 0.1) is 11.3 Å². The lowest BCUT2D eigenvalue weighted by Crippen LogP contribution is -2.42. The second kappa shape index (κ2) is 5.47. The van der Waals surface area contributed by atoms with Gasteiger partial charge in [-0.15, -0.1) is 0 Å². The number of ether oxygens (including phenoxy) is 1. The third kappa shape index (κ3) is 3.41. The van der Waals surface area contributed by atoms with Gasteiger partial charge in [0.05, 0.1) is 12.7 Å². The molecule has 96 valence electrons. The maximum atomic E-state index is 12.0. The van der Waals surface area contributed by atoms with Crippen molar-refractivity contribution in [3.05, 3.63) is 0 Å². The van der Waals surface area contributed by atoms with Crippen LogP contribution in [0.1, 0.15) is 26.7 Å². The number of sulfonamides is 1. The minimum Gasteiger partial charge on any atom is -0.465 e. The maximum Gasteiger partial charge on any atom is 0.321 e. The van der Waals surface area contributed by atoms with Crippen molar-refractivity contribution >= 4 is 16.0 Å². The van der Waals surface area contributed by atoms with E-state index in [1.54, 1.807) is 13.0 Å². The van der Waals surface area contributed by atoms with Gasteiger partial charge in [0.1, 0.15) is 6.54 Å². The van der Waals surface area contributed by atoms with Crippen LogP contribution in [-0.2, 0) is 19.6 Å². The Morgan fingerprint density at radius 3 is 2.59 bits per heavy atom. The number of carbonyl (C=O) groups is 1. The van der Waals surface area contributed by atoms with Gasteiger partial charge >= 0.3 is 5.97 Å². The van der Waals surface area contributed by atoms with E-state index in [1.807, 2.05) is 0 Å². The van der Waals surface area contributed by atoms with E-state index in [-0.39, 0.29) is 19.2 Å². The molecular weight excluding hydrogens is 244 g/mol. The van der Waals surface area contributed by atoms with E-state index in [9.17, 15) is 13.2 Å². The number of nitriles is 1. The van der Waals surface area contributed by atoms with Crippen LogP contribution in [0.2, 0.25) is 0 Å². The van der Waals surface area contributed by atoms with Crippen LogP contribution in [0.15, 0.2) is 0 Å². The molecule has 6 nitrogen and oxygen atoms in total. The lowest BCUT2D eigenvalue weighted by Gasteiger charge is -2.21. The maximum absolute atomic E-state index is 12.0. The average Bonchev–Trinajstić information content (AvgIpc) is 3.08. The lowest BCUT2D eigenvalue weighted by molar-refractivity contribution is -0.143. The van der Waals surface area contributed by atoms with Gasteiger partial charge in [-0.3, -0.25) is 4.79 Å². The Labute approximate surface area is 101 Å². The molecule has 1 aliphatic rings. The molecule has 7 heteroatoms. The summed E-state index contributed by atoms with van der Waals surface area (Å²) in [6, 6.07) is 1.54. The van der Waals surface area contributed by atoms with Gasteiger partial charge in [0.2, 0.25) is 10.0 Å². The van der Waals surface area contributed by atoms with Crippen LogP contribution >= 0.6 is 0 Å². The van der Waals surface area contributed by atoms with Crippen molar-refractivity contribution in [2.75, 3.05) is 13.2 Å². The monoisotopic (exact) mass is 260 g/mol. The largest absolute Gasteiger partial charge is 0.465 e. The molecule has 1 fully saturated rings. The predicted octanol–water partition coefficient (Wildman–Crippen LogP) is 0.256. The van der Waals surface area contributed by atoms with Gasteiger partial charge in [-0.05, 0) is 26.7 Å². The minimum atomic E-state index is -3.73. The molecule has 0 aromatic heterocycles. The number of nitrogens with zero attached hydrogens (tertiary/aromatic N) is 2. The van der Waals surface area contributed by atoms with E-state index in [0.717, 1.165) is 17.1 Å². The SMILES string of the molecule is CCOC(=O)CN(C1CC1)S(=O)(=O)C(C)C#N. The summed E-state index contributed by atoms with van der Waals surface area (Å²) in [6.45, 7) is 2.89. The number of hydrogen-bond donors (Lipinski definition) is 0. The molecule has 0 N–H and O–H groups in total. The highest BCUT2D eigenvalue weighted by Gasteiger charge is 2.41. The van der Waals surface area contributed by atoms with Gasteiger partial charge in [-0.25, -0.2) is 8.42 Å². The molecule has 1 atom stereocenters. The van der Waals surface area contributed by atoms with Crippen LogP contribution < -0.4 is 0 Å². The van der Waals surface area contributed by atoms with Gasteiger partial charge in [0, 0.05) is 6.04 Å². The van der Waals surface area contributed by atoms with E-state index in [0.29, 0.717) is 0 Å². The van der Waals surface area contributed by atoms with Gasteiger partial charge in [-0.2, -0.15) is 9.57 Å². The Morgan fingerprint density at radius 2 is 2.18 bits per heavy atom. The Balaban J connectivity index is 2.80. The first-order valence-corrected chi connectivity index (χ1v) is 6.99. The van der Waals surface area contributed by atoms with Crippen molar-refractivity contribution in [2.45, 2.75) is 38.0 Å². The van der Waals surface area contributed by atoms with E-state index in [1.165, 1.54) is 6.92 Å². The second-order valence-corrected chi connectivity index (χ2v) is 6.10. The van der Waals surface area contributed by atoms with Gasteiger partial charge in [0.15, 0.2) is 5.25 Å². The summed E-state index contributed by atoms with van der Waals surface area (Å²) in [5.74, 6) is -0.576. The Morgan fingerprint density at radius 1 is 1.59 bits per heavy atom. The zero-order chi connectivity index (χ0) is 13.1. The summed E-state index contributed by atoms with van der Waals surface area (Å²) in [7, 11) is -3.73. The van der Waals surface area contributed by atoms with Gasteiger partial charge in [-0.1, -0.05) is 0 Å². The number of hydrogen-bond acceptors (Lipinski definition) is 5. The van der Waals surface area contributed by atoms with Crippen molar-refractivity contribution in [2.24, 2.45) is 0 Å². The zero-order valence-electron chi connectivity index (χ0n) is 9.92. The van der Waals surface area contributed by atoms with Crippen molar-refractivity contribution in [3.63, 3.8) is 0 Å². The summed E-state index contributed by atoms with van der Waals surface area (Å²) >= 11 is 0. The summed E-state index contributed by atoms with van der Waals surface area (Å²) in [5.41, 5.74) is 0.